The van der Waals surface area contributed by atoms with Crippen molar-refractivity contribution in [3.63, 3.8) is 0 Å². The maximum absolute atomic E-state index is 13.8. The third-order valence-corrected chi connectivity index (χ3v) is 10.7. The van der Waals surface area contributed by atoms with Crippen LogP contribution < -0.4 is 5.48 Å². The number of benzene rings is 1. The Kier molecular flexibility index (Phi) is 7.11. The first kappa shape index (κ1) is 25.8. The van der Waals surface area contributed by atoms with E-state index in [0.29, 0.717) is 16.2 Å². The van der Waals surface area contributed by atoms with Crippen LogP contribution in [0, 0.1) is 0 Å². The van der Waals surface area contributed by atoms with E-state index in [0.717, 1.165) is 16.0 Å². The molecule has 1 atom stereocenters. The van der Waals surface area contributed by atoms with Crippen LogP contribution in [-0.2, 0) is 19.4 Å². The van der Waals surface area contributed by atoms with E-state index in [-0.39, 0.29) is 31.2 Å². The maximum Gasteiger partial charge on any atom is 0.253 e. The van der Waals surface area contributed by atoms with Crippen molar-refractivity contribution in [3.8, 4) is 21.8 Å². The van der Waals surface area contributed by atoms with Crippen molar-refractivity contribution >= 4 is 33.0 Å². The second-order valence-corrected chi connectivity index (χ2v) is 12.4. The van der Waals surface area contributed by atoms with Crippen LogP contribution in [0.2, 0.25) is 0 Å². The molecule has 0 bridgehead atoms. The normalized spacial score (nSPS) is 19.0. The van der Waals surface area contributed by atoms with Crippen LogP contribution in [0.3, 0.4) is 0 Å². The van der Waals surface area contributed by atoms with E-state index in [4.69, 9.17) is 4.42 Å². The van der Waals surface area contributed by atoms with Gasteiger partial charge in [-0.1, -0.05) is 24.3 Å². The van der Waals surface area contributed by atoms with Crippen LogP contribution in [-0.4, -0.2) is 59.1 Å². The molecule has 3 aromatic heterocycles. The van der Waals surface area contributed by atoms with E-state index < -0.39 is 26.9 Å². The molecular formula is C26H24N4O6S2. The number of thiophene rings is 1. The number of carbonyl (C=O) groups is 2. The predicted octanol–water partition coefficient (Wildman–Crippen LogP) is 3.52. The van der Waals surface area contributed by atoms with Gasteiger partial charge in [0.1, 0.15) is 4.75 Å². The van der Waals surface area contributed by atoms with Gasteiger partial charge in [-0.15, -0.1) is 11.3 Å². The van der Waals surface area contributed by atoms with Crippen molar-refractivity contribution in [1.82, 2.24) is 20.3 Å². The number of rotatable bonds is 6. The SMILES string of the molecule is O=C(CC1(c2ccc(-c3ccc(-c4cnco4)cc3)s2)CCN(C(=O)c2ccncc2)CCS1(=O)=O)NO. The number of pyridine rings is 1. The first-order valence-corrected chi connectivity index (χ1v) is 14.2. The molecular weight excluding hydrogens is 528 g/mol. The highest BCUT2D eigenvalue weighted by Crippen LogP contribution is 2.45. The molecule has 1 aromatic carbocycles. The van der Waals surface area contributed by atoms with E-state index in [1.807, 2.05) is 30.3 Å². The fourth-order valence-corrected chi connectivity index (χ4v) is 8.25. The topological polar surface area (TPSA) is 143 Å². The van der Waals surface area contributed by atoms with Gasteiger partial charge in [0.2, 0.25) is 5.91 Å². The van der Waals surface area contributed by atoms with Gasteiger partial charge >= 0.3 is 0 Å². The molecule has 2 N–H and O–H groups in total. The molecule has 1 aliphatic rings. The van der Waals surface area contributed by atoms with Gasteiger partial charge in [0.05, 0.1) is 18.4 Å². The van der Waals surface area contributed by atoms with E-state index in [9.17, 15) is 23.2 Å². The Morgan fingerprint density at radius 2 is 1.76 bits per heavy atom. The number of hydrogen-bond acceptors (Lipinski definition) is 9. The number of nitrogens with one attached hydrogen (secondary N) is 1. The number of sulfone groups is 1. The van der Waals surface area contributed by atoms with Crippen molar-refractivity contribution in [3.05, 3.63) is 84.0 Å². The summed E-state index contributed by atoms with van der Waals surface area (Å²) in [7, 11) is -3.92. The molecule has 196 valence electrons. The molecule has 0 aliphatic carbocycles. The highest BCUT2D eigenvalue weighted by molar-refractivity contribution is 7.92. The number of carbonyl (C=O) groups excluding carboxylic acids is 2. The molecule has 0 spiro atoms. The van der Waals surface area contributed by atoms with Gasteiger partial charge in [-0.3, -0.25) is 19.8 Å². The van der Waals surface area contributed by atoms with Gasteiger partial charge in [-0.05, 0) is 36.2 Å². The van der Waals surface area contributed by atoms with Crippen molar-refractivity contribution in [2.24, 2.45) is 0 Å². The highest BCUT2D eigenvalue weighted by atomic mass is 32.2. The Morgan fingerprint density at radius 1 is 1.03 bits per heavy atom. The average molecular weight is 553 g/mol. The molecule has 4 heterocycles. The molecule has 38 heavy (non-hydrogen) atoms. The number of nitrogens with zero attached hydrogens (tertiary/aromatic N) is 3. The zero-order valence-corrected chi connectivity index (χ0v) is 21.7. The van der Waals surface area contributed by atoms with Gasteiger partial charge < -0.3 is 9.32 Å². The second-order valence-electron chi connectivity index (χ2n) is 8.91. The maximum atomic E-state index is 13.8. The number of hydrogen-bond donors (Lipinski definition) is 2. The van der Waals surface area contributed by atoms with Crippen molar-refractivity contribution < 1.29 is 27.6 Å². The molecule has 4 aromatic rings. The Hall–Kier alpha value is -3.87. The van der Waals surface area contributed by atoms with Crippen molar-refractivity contribution in [1.29, 1.82) is 0 Å². The second kappa shape index (κ2) is 10.5. The predicted molar refractivity (Wildman–Crippen MR) is 140 cm³/mol. The molecule has 2 amide bonds. The lowest BCUT2D eigenvalue weighted by Gasteiger charge is -2.30. The number of amides is 2. The van der Waals surface area contributed by atoms with E-state index in [1.165, 1.54) is 35.0 Å². The lowest BCUT2D eigenvalue weighted by atomic mass is 9.97. The van der Waals surface area contributed by atoms with Crippen LogP contribution in [0.4, 0.5) is 0 Å². The molecule has 1 aliphatic heterocycles. The molecule has 1 saturated heterocycles. The summed E-state index contributed by atoms with van der Waals surface area (Å²) in [6.07, 6.45) is 5.52. The summed E-state index contributed by atoms with van der Waals surface area (Å²) in [5.74, 6) is -0.799. The number of aromatic nitrogens is 2. The van der Waals surface area contributed by atoms with Gasteiger partial charge in [0, 0.05) is 46.4 Å². The molecule has 1 fully saturated rings. The van der Waals surface area contributed by atoms with Gasteiger partial charge in [-0.2, -0.15) is 0 Å². The van der Waals surface area contributed by atoms with E-state index in [1.54, 1.807) is 29.9 Å². The minimum Gasteiger partial charge on any atom is -0.444 e. The van der Waals surface area contributed by atoms with Crippen LogP contribution >= 0.6 is 11.3 Å². The van der Waals surface area contributed by atoms with Crippen LogP contribution in [0.15, 0.2) is 77.9 Å². The van der Waals surface area contributed by atoms with Gasteiger partial charge in [0.25, 0.3) is 5.91 Å². The monoisotopic (exact) mass is 552 g/mol. The molecule has 5 rings (SSSR count). The molecule has 1 unspecified atom stereocenters. The van der Waals surface area contributed by atoms with Crippen LogP contribution in [0.5, 0.6) is 0 Å². The van der Waals surface area contributed by atoms with Crippen molar-refractivity contribution in [2.45, 2.75) is 17.6 Å². The summed E-state index contributed by atoms with van der Waals surface area (Å²) in [6, 6.07) is 14.3. The number of hydroxylamine groups is 1. The fourth-order valence-electron chi connectivity index (χ4n) is 4.64. The average Bonchev–Trinajstić information content (AvgIpc) is 3.63. The lowest BCUT2D eigenvalue weighted by Crippen LogP contribution is -2.41. The van der Waals surface area contributed by atoms with Crippen LogP contribution in [0.1, 0.15) is 28.1 Å². The minimum absolute atomic E-state index is 0.00393. The third-order valence-electron chi connectivity index (χ3n) is 6.74. The Bertz CT molecular complexity index is 1540. The summed E-state index contributed by atoms with van der Waals surface area (Å²) >= 11 is 1.28. The lowest BCUT2D eigenvalue weighted by molar-refractivity contribution is -0.129. The quantitative estimate of drug-likeness (QED) is 0.273. The first-order chi connectivity index (χ1) is 18.3. The summed E-state index contributed by atoms with van der Waals surface area (Å²) in [5, 5.41) is 9.27. The summed E-state index contributed by atoms with van der Waals surface area (Å²) in [5.41, 5.74) is 3.71. The Labute approximate surface area is 222 Å². The highest BCUT2D eigenvalue weighted by Gasteiger charge is 2.49. The minimum atomic E-state index is -3.92. The first-order valence-electron chi connectivity index (χ1n) is 11.8. The summed E-state index contributed by atoms with van der Waals surface area (Å²) in [6.45, 7) is 0.117. The van der Waals surface area contributed by atoms with Crippen LogP contribution in [0.25, 0.3) is 21.8 Å². The molecule has 10 nitrogen and oxygen atoms in total. The molecule has 0 saturated carbocycles. The van der Waals surface area contributed by atoms with E-state index >= 15 is 0 Å². The van der Waals surface area contributed by atoms with Gasteiger partial charge in [0.15, 0.2) is 22.0 Å². The standard InChI is InChI=1S/C26H24N4O6S2/c31-24(29-33)15-26(9-12-30(13-14-38(26,34)35)25(32)20-7-10-27-11-8-20)23-6-5-22(37-23)19-3-1-18(2-4-19)21-16-28-17-36-21/h1-8,10-11,16-17,33H,9,12-15H2,(H,29,31). The Morgan fingerprint density at radius 3 is 2.45 bits per heavy atom. The van der Waals surface area contributed by atoms with Crippen molar-refractivity contribution in [2.75, 3.05) is 18.8 Å². The summed E-state index contributed by atoms with van der Waals surface area (Å²) < 4.78 is 31.3. The summed E-state index contributed by atoms with van der Waals surface area (Å²) in [4.78, 5) is 36.1. The van der Waals surface area contributed by atoms with E-state index in [2.05, 4.69) is 9.97 Å². The fraction of sp³-hybridized carbons (Fsp3) is 0.231. The molecule has 0 radical (unpaired) electrons. The number of oxazole rings is 1. The largest absolute Gasteiger partial charge is 0.444 e. The zero-order valence-electron chi connectivity index (χ0n) is 20.1. The third kappa shape index (κ3) is 4.85. The van der Waals surface area contributed by atoms with Gasteiger partial charge in [-0.25, -0.2) is 18.9 Å². The Balaban J connectivity index is 1.48. The molecule has 12 heteroatoms. The smallest absolute Gasteiger partial charge is 0.253 e. The zero-order chi connectivity index (χ0) is 26.8.